The van der Waals surface area contributed by atoms with Gasteiger partial charge in [-0.2, -0.15) is 0 Å². The maximum Gasteiger partial charge on any atom is 0.338 e. The highest BCUT2D eigenvalue weighted by atomic mass is 79.9. The number of carbonyl (C=O) groups is 3. The molecule has 278 valence electrons. The lowest BCUT2D eigenvalue weighted by molar-refractivity contribution is -0.116. The van der Waals surface area contributed by atoms with E-state index < -0.39 is 0 Å². The SMILES string of the molecule is CCN(Cc1cc(C(=O)OCCCCCCN(C(C)=O)c2c(C)n(C(=O)c3ccc(Cl)cc3)c3ccc(OC)cc23)cc(Br)c1N)C1CCCCC1. The number of hydrogen-bond donors (Lipinski definition) is 1. The summed E-state index contributed by atoms with van der Waals surface area (Å²) in [5.74, 6) is -0.0556. The number of nitrogens with zero attached hydrogens (tertiary/aromatic N) is 3. The molecule has 0 saturated heterocycles. The van der Waals surface area contributed by atoms with Crippen molar-refractivity contribution >= 4 is 67.6 Å². The van der Waals surface area contributed by atoms with E-state index in [2.05, 4.69) is 27.8 Å². The zero-order valence-electron chi connectivity index (χ0n) is 30.7. The minimum absolute atomic E-state index is 0.118. The molecule has 1 heterocycles. The largest absolute Gasteiger partial charge is 0.497 e. The molecule has 0 spiro atoms. The number of nitrogens with two attached hydrogens (primary N) is 1. The van der Waals surface area contributed by atoms with E-state index in [1.54, 1.807) is 53.8 Å². The lowest BCUT2D eigenvalue weighted by Gasteiger charge is -2.34. The Morgan fingerprint density at radius 3 is 2.35 bits per heavy atom. The quantitative estimate of drug-likeness (QED) is 0.0726. The van der Waals surface area contributed by atoms with Gasteiger partial charge in [0.1, 0.15) is 5.75 Å². The molecule has 3 aromatic carbocycles. The number of amides is 1. The Morgan fingerprint density at radius 1 is 0.962 bits per heavy atom. The molecule has 1 saturated carbocycles. The van der Waals surface area contributed by atoms with Gasteiger partial charge < -0.3 is 20.1 Å². The smallest absolute Gasteiger partial charge is 0.338 e. The standard InChI is InChI=1S/C41H50BrClN4O5/c1-5-45(33-13-9-8-10-14-33)26-31-23-30(24-36(42)38(31)44)41(50)52-22-12-7-6-11-21-46(28(3)48)39-27(2)47(37-20-19-34(51-4)25-35(37)39)40(49)29-15-17-32(43)18-16-29/h15-20,23-25,33H,5-14,21-22,26,44H2,1-4H3. The van der Waals surface area contributed by atoms with Crippen molar-refractivity contribution in [2.45, 2.75) is 91.1 Å². The third kappa shape index (κ3) is 9.19. The molecule has 5 rings (SSSR count). The lowest BCUT2D eigenvalue weighted by atomic mass is 9.93. The van der Waals surface area contributed by atoms with Gasteiger partial charge in [0.25, 0.3) is 5.91 Å². The fourth-order valence-corrected chi connectivity index (χ4v) is 7.95. The highest BCUT2D eigenvalue weighted by Gasteiger charge is 2.26. The van der Waals surface area contributed by atoms with Crippen LogP contribution in [0.4, 0.5) is 11.4 Å². The van der Waals surface area contributed by atoms with Crippen LogP contribution in [0.3, 0.4) is 0 Å². The normalized spacial score (nSPS) is 13.4. The first-order chi connectivity index (χ1) is 25.0. The van der Waals surface area contributed by atoms with Gasteiger partial charge in [0.15, 0.2) is 0 Å². The van der Waals surface area contributed by atoms with Crippen molar-refractivity contribution in [3.63, 3.8) is 0 Å². The van der Waals surface area contributed by atoms with Gasteiger partial charge in [-0.05, 0) is 122 Å². The Kier molecular flexibility index (Phi) is 13.8. The van der Waals surface area contributed by atoms with Crippen LogP contribution in [0.15, 0.2) is 59.1 Å². The first-order valence-electron chi connectivity index (χ1n) is 18.3. The molecule has 0 bridgehead atoms. The van der Waals surface area contributed by atoms with Gasteiger partial charge in [0.05, 0.1) is 36.2 Å². The van der Waals surface area contributed by atoms with Crippen LogP contribution >= 0.6 is 27.5 Å². The number of methoxy groups -OCH3 is 1. The first kappa shape index (κ1) is 39.3. The van der Waals surface area contributed by atoms with Crippen LogP contribution in [0.5, 0.6) is 5.75 Å². The van der Waals surface area contributed by atoms with Gasteiger partial charge in [0, 0.05) is 52.2 Å². The predicted octanol–water partition coefficient (Wildman–Crippen LogP) is 9.57. The molecular weight excluding hydrogens is 744 g/mol. The van der Waals surface area contributed by atoms with Crippen LogP contribution in [0.1, 0.15) is 104 Å². The van der Waals surface area contributed by atoms with Crippen LogP contribution in [0.2, 0.25) is 5.02 Å². The maximum absolute atomic E-state index is 13.8. The first-order valence-corrected chi connectivity index (χ1v) is 19.5. The zero-order chi connectivity index (χ0) is 37.4. The number of aromatic nitrogens is 1. The number of nitrogen functional groups attached to an aromatic ring is 1. The molecule has 1 aliphatic carbocycles. The van der Waals surface area contributed by atoms with Gasteiger partial charge in [-0.15, -0.1) is 0 Å². The predicted molar refractivity (Wildman–Crippen MR) is 213 cm³/mol. The summed E-state index contributed by atoms with van der Waals surface area (Å²) in [7, 11) is 1.59. The molecular formula is C41H50BrClN4O5. The summed E-state index contributed by atoms with van der Waals surface area (Å²) >= 11 is 9.64. The van der Waals surface area contributed by atoms with Crippen molar-refractivity contribution in [3.8, 4) is 5.75 Å². The third-order valence-corrected chi connectivity index (χ3v) is 11.1. The Morgan fingerprint density at radius 2 is 1.67 bits per heavy atom. The van der Waals surface area contributed by atoms with Crippen LogP contribution in [-0.4, -0.2) is 60.1 Å². The highest BCUT2D eigenvalue weighted by molar-refractivity contribution is 9.10. The number of esters is 1. The van der Waals surface area contributed by atoms with Gasteiger partial charge in [-0.1, -0.05) is 44.2 Å². The number of carbonyl (C=O) groups excluding carboxylic acids is 3. The fraction of sp³-hybridized carbons (Fsp3) is 0.439. The number of benzene rings is 3. The summed E-state index contributed by atoms with van der Waals surface area (Å²) in [6.45, 7) is 7.99. The summed E-state index contributed by atoms with van der Waals surface area (Å²) in [5.41, 5.74) is 11.1. The molecule has 4 aromatic rings. The average molecular weight is 794 g/mol. The van der Waals surface area contributed by atoms with Crippen molar-refractivity contribution in [2.24, 2.45) is 0 Å². The van der Waals surface area contributed by atoms with Crippen LogP contribution in [0.25, 0.3) is 10.9 Å². The summed E-state index contributed by atoms with van der Waals surface area (Å²) in [6, 6.07) is 16.5. The van der Waals surface area contributed by atoms with E-state index in [4.69, 9.17) is 26.8 Å². The molecule has 9 nitrogen and oxygen atoms in total. The number of halogens is 2. The molecule has 0 radical (unpaired) electrons. The summed E-state index contributed by atoms with van der Waals surface area (Å²) in [6.07, 6.45) is 9.32. The lowest BCUT2D eigenvalue weighted by Crippen LogP contribution is -2.36. The second-order valence-electron chi connectivity index (χ2n) is 13.6. The number of rotatable bonds is 15. The number of fused-ring (bicyclic) bond motifs is 1. The minimum Gasteiger partial charge on any atom is -0.497 e. The maximum atomic E-state index is 13.8. The molecule has 0 atom stereocenters. The van der Waals surface area contributed by atoms with Crippen molar-refractivity contribution in [2.75, 3.05) is 37.4 Å². The van der Waals surface area contributed by atoms with Crippen LogP contribution in [-0.2, 0) is 16.1 Å². The summed E-state index contributed by atoms with van der Waals surface area (Å²) in [5, 5.41) is 1.31. The average Bonchev–Trinajstić information content (AvgIpc) is 3.43. The Bertz CT molecular complexity index is 1890. The van der Waals surface area contributed by atoms with E-state index in [0.717, 1.165) is 36.8 Å². The second kappa shape index (κ2) is 18.3. The highest BCUT2D eigenvalue weighted by Crippen LogP contribution is 2.37. The molecule has 1 aliphatic rings. The summed E-state index contributed by atoms with van der Waals surface area (Å²) < 4.78 is 13.5. The van der Waals surface area contributed by atoms with E-state index >= 15 is 0 Å². The fourth-order valence-electron chi connectivity index (χ4n) is 7.32. The monoisotopic (exact) mass is 792 g/mol. The molecule has 1 fully saturated rings. The number of ether oxygens (including phenoxy) is 2. The minimum atomic E-state index is -0.360. The molecule has 11 heteroatoms. The van der Waals surface area contributed by atoms with Crippen molar-refractivity contribution in [3.05, 3.63) is 86.5 Å². The van der Waals surface area contributed by atoms with Crippen molar-refractivity contribution in [1.82, 2.24) is 9.47 Å². The molecule has 1 amide bonds. The van der Waals surface area contributed by atoms with Gasteiger partial charge >= 0.3 is 5.97 Å². The number of hydrogen-bond acceptors (Lipinski definition) is 7. The molecule has 0 unspecified atom stereocenters. The van der Waals surface area contributed by atoms with E-state index in [1.807, 2.05) is 31.2 Å². The van der Waals surface area contributed by atoms with Crippen LogP contribution < -0.4 is 15.4 Å². The van der Waals surface area contributed by atoms with E-state index in [9.17, 15) is 14.4 Å². The van der Waals surface area contributed by atoms with Gasteiger partial charge in [-0.25, -0.2) is 4.79 Å². The Hall–Kier alpha value is -3.86. The van der Waals surface area contributed by atoms with Crippen molar-refractivity contribution in [1.29, 1.82) is 0 Å². The molecule has 1 aromatic heterocycles. The van der Waals surface area contributed by atoms with Gasteiger partial charge in [0.2, 0.25) is 5.91 Å². The van der Waals surface area contributed by atoms with E-state index in [-0.39, 0.29) is 17.8 Å². The second-order valence-corrected chi connectivity index (χ2v) is 14.9. The van der Waals surface area contributed by atoms with Gasteiger partial charge in [-0.3, -0.25) is 19.1 Å². The number of anilines is 2. The van der Waals surface area contributed by atoms with E-state index in [1.165, 1.54) is 32.1 Å². The third-order valence-electron chi connectivity index (χ3n) is 10.2. The Labute approximate surface area is 320 Å². The Balaban J connectivity index is 1.19. The number of unbranched alkanes of at least 4 members (excludes halogenated alkanes) is 3. The summed E-state index contributed by atoms with van der Waals surface area (Å²) in [4.78, 5) is 44.1. The molecule has 2 N–H and O–H groups in total. The zero-order valence-corrected chi connectivity index (χ0v) is 33.0. The molecule has 0 aliphatic heterocycles. The van der Waals surface area contributed by atoms with E-state index in [0.29, 0.717) is 81.1 Å². The molecule has 52 heavy (non-hydrogen) atoms. The van der Waals surface area contributed by atoms with Crippen molar-refractivity contribution < 1.29 is 23.9 Å². The topological polar surface area (TPSA) is 107 Å². The van der Waals surface area contributed by atoms with Crippen LogP contribution in [0, 0.1) is 6.92 Å².